The maximum Gasteiger partial charge on any atom is 0.439 e. The molecule has 0 spiro atoms. The molecule has 10 heteroatoms. The molecule has 5 aromatic rings. The summed E-state index contributed by atoms with van der Waals surface area (Å²) in [6, 6.07) is 12.6. The maximum atomic E-state index is 14.2. The van der Waals surface area contributed by atoms with Gasteiger partial charge in [0, 0.05) is 35.9 Å². The zero-order valence-electron chi connectivity index (χ0n) is 20.3. The first-order valence-electron chi connectivity index (χ1n) is 12.3. The highest BCUT2D eigenvalue weighted by molar-refractivity contribution is 6.33. The molecule has 2 aromatic carbocycles. The van der Waals surface area contributed by atoms with Crippen LogP contribution in [0.2, 0.25) is 5.15 Å². The number of halogens is 2. The number of pyridine rings is 1. The molecule has 0 saturated heterocycles. The molecule has 3 aromatic heterocycles. The van der Waals surface area contributed by atoms with Crippen LogP contribution in [-0.2, 0) is 13.2 Å². The van der Waals surface area contributed by atoms with Gasteiger partial charge in [-0.1, -0.05) is 28.9 Å². The Morgan fingerprint density at radius 2 is 2.03 bits per heavy atom. The first-order chi connectivity index (χ1) is 18.5. The minimum absolute atomic E-state index is 0.252. The van der Waals surface area contributed by atoms with Gasteiger partial charge in [-0.15, -0.1) is 0 Å². The van der Waals surface area contributed by atoms with Crippen molar-refractivity contribution >= 4 is 33.8 Å². The molecule has 4 heterocycles. The lowest BCUT2D eigenvalue weighted by Gasteiger charge is -2.15. The summed E-state index contributed by atoms with van der Waals surface area (Å²) in [6.07, 6.45) is 3.92. The summed E-state index contributed by atoms with van der Waals surface area (Å²) in [4.78, 5) is 23.3. The van der Waals surface area contributed by atoms with E-state index in [1.165, 1.54) is 12.1 Å². The van der Waals surface area contributed by atoms with E-state index in [1.807, 2.05) is 19.1 Å². The Hall–Kier alpha value is -4.24. The number of benzene rings is 2. The topological polar surface area (TPSA) is 98.8 Å². The number of ether oxygens (including phenoxy) is 1. The first kappa shape index (κ1) is 22.9. The van der Waals surface area contributed by atoms with Gasteiger partial charge in [-0.05, 0) is 66.3 Å². The Morgan fingerprint density at radius 3 is 2.82 bits per heavy atom. The molecule has 190 valence electrons. The van der Waals surface area contributed by atoms with Crippen LogP contribution >= 0.6 is 11.6 Å². The van der Waals surface area contributed by atoms with E-state index in [1.54, 1.807) is 12.3 Å². The fourth-order valence-electron chi connectivity index (χ4n) is 5.19. The summed E-state index contributed by atoms with van der Waals surface area (Å²) in [5.74, 6) is 1.14. The first-order valence-corrected chi connectivity index (χ1v) is 12.7. The van der Waals surface area contributed by atoms with Gasteiger partial charge >= 0.3 is 5.76 Å². The van der Waals surface area contributed by atoms with Crippen molar-refractivity contribution in [3.8, 4) is 5.75 Å². The number of H-pyrrole nitrogens is 1. The van der Waals surface area contributed by atoms with Gasteiger partial charge in [0.1, 0.15) is 29.5 Å². The maximum absolute atomic E-state index is 14.2. The summed E-state index contributed by atoms with van der Waals surface area (Å²) in [6.45, 7) is 2.70. The van der Waals surface area contributed by atoms with Gasteiger partial charge < -0.3 is 9.30 Å². The molecule has 0 atom stereocenters. The minimum atomic E-state index is -0.644. The Morgan fingerprint density at radius 1 is 1.18 bits per heavy atom. The second kappa shape index (κ2) is 8.66. The fourth-order valence-corrected chi connectivity index (χ4v) is 5.38. The van der Waals surface area contributed by atoms with Gasteiger partial charge in [0.2, 0.25) is 0 Å². The van der Waals surface area contributed by atoms with Crippen molar-refractivity contribution in [2.75, 3.05) is 0 Å². The van der Waals surface area contributed by atoms with E-state index in [0.29, 0.717) is 45.8 Å². The number of aromatic nitrogens is 5. The van der Waals surface area contributed by atoms with E-state index in [0.717, 1.165) is 46.4 Å². The van der Waals surface area contributed by atoms with Gasteiger partial charge in [0.05, 0.1) is 5.52 Å². The lowest BCUT2D eigenvalue weighted by Crippen LogP contribution is -2.06. The minimum Gasteiger partial charge on any atom is -0.488 e. The molecule has 1 fully saturated rings. The van der Waals surface area contributed by atoms with E-state index in [2.05, 4.69) is 31.8 Å². The number of allylic oxidation sites excluding steroid dienone is 1. The number of rotatable bonds is 4. The van der Waals surface area contributed by atoms with E-state index in [9.17, 15) is 9.18 Å². The molecular weight excluding hydrogens is 509 g/mol. The van der Waals surface area contributed by atoms with Gasteiger partial charge in [-0.2, -0.15) is 0 Å². The van der Waals surface area contributed by atoms with Gasteiger partial charge in [-0.3, -0.25) is 9.51 Å². The Balaban J connectivity index is 1.36. The van der Waals surface area contributed by atoms with Crippen LogP contribution in [-0.4, -0.2) is 24.7 Å². The molecule has 7 rings (SSSR count). The quantitative estimate of drug-likeness (QED) is 0.300. The molecular formula is C28H21ClFN5O3. The van der Waals surface area contributed by atoms with Crippen molar-refractivity contribution < 1.29 is 13.7 Å². The number of hydrogen-bond donors (Lipinski definition) is 1. The molecule has 1 aliphatic carbocycles. The van der Waals surface area contributed by atoms with Crippen molar-refractivity contribution in [1.29, 1.82) is 0 Å². The lowest BCUT2D eigenvalue weighted by atomic mass is 9.89. The molecule has 1 N–H and O–H groups in total. The molecule has 38 heavy (non-hydrogen) atoms. The zero-order chi connectivity index (χ0) is 26.0. The number of fused-ring (bicyclic) bond motifs is 3. The van der Waals surface area contributed by atoms with Crippen LogP contribution < -0.4 is 10.5 Å². The number of hydrogen-bond acceptors (Lipinski definition) is 6. The van der Waals surface area contributed by atoms with Crippen LogP contribution in [0.15, 0.2) is 58.0 Å². The highest BCUT2D eigenvalue weighted by Gasteiger charge is 2.30. The van der Waals surface area contributed by atoms with Crippen LogP contribution in [0.25, 0.3) is 22.2 Å². The average Bonchev–Trinajstić information content (AvgIpc) is 3.59. The molecule has 0 unspecified atom stereocenters. The molecule has 8 nitrogen and oxygen atoms in total. The van der Waals surface area contributed by atoms with Crippen molar-refractivity contribution in [2.24, 2.45) is 0 Å². The van der Waals surface area contributed by atoms with Gasteiger partial charge in [0.25, 0.3) is 0 Å². The monoisotopic (exact) mass is 529 g/mol. The summed E-state index contributed by atoms with van der Waals surface area (Å²) < 4.78 is 27.2. The van der Waals surface area contributed by atoms with Crippen molar-refractivity contribution in [2.45, 2.75) is 38.8 Å². The molecule has 1 aliphatic heterocycles. The summed E-state index contributed by atoms with van der Waals surface area (Å²) >= 11 is 6.37. The average molecular weight is 530 g/mol. The van der Waals surface area contributed by atoms with Gasteiger partial charge in [-0.25, -0.2) is 19.2 Å². The summed E-state index contributed by atoms with van der Waals surface area (Å²) in [7, 11) is 0. The normalized spacial score (nSPS) is 16.1. The molecule has 2 aliphatic rings. The third-order valence-corrected chi connectivity index (χ3v) is 7.42. The third-order valence-electron chi connectivity index (χ3n) is 7.14. The predicted molar refractivity (Wildman–Crippen MR) is 140 cm³/mol. The molecule has 0 bridgehead atoms. The number of nitrogens with zero attached hydrogens (tertiary/aromatic N) is 4. The van der Waals surface area contributed by atoms with E-state index < -0.39 is 11.6 Å². The predicted octanol–water partition coefficient (Wildman–Crippen LogP) is 5.70. The SMILES string of the molecule is C/C(=C1/c2ccc(Cn3c(C4CC4)nc4c(Cl)nccc43)cc2COc2cc(F)ccc21)c1noc(=O)[nH]1. The summed E-state index contributed by atoms with van der Waals surface area (Å²) in [5.41, 5.74) is 6.74. The standard InChI is InChI=1S/C28H21ClFN5O3/c1-14(26-33-28(36)38-34-26)23-19-6-2-15(10-17(19)13-37-22-11-18(30)5-7-20(22)23)12-35-21-8-9-31-25(29)24(21)32-27(35)16-3-4-16/h2,5-11,16H,3-4,12-13H2,1H3,(H,33,34,36)/b23-14+. The molecule has 1 saturated carbocycles. The largest absolute Gasteiger partial charge is 0.488 e. The van der Waals surface area contributed by atoms with Crippen molar-refractivity contribution in [3.05, 3.63) is 104 Å². The van der Waals surface area contributed by atoms with E-state index in [4.69, 9.17) is 25.8 Å². The van der Waals surface area contributed by atoms with E-state index >= 15 is 0 Å². The molecule has 0 amide bonds. The Labute approximate surface area is 220 Å². The number of aromatic amines is 1. The second-order valence-electron chi connectivity index (χ2n) is 9.66. The highest BCUT2D eigenvalue weighted by atomic mass is 35.5. The highest BCUT2D eigenvalue weighted by Crippen LogP contribution is 2.43. The molecule has 0 radical (unpaired) electrons. The smallest absolute Gasteiger partial charge is 0.439 e. The van der Waals surface area contributed by atoms with Crippen LogP contribution in [0.3, 0.4) is 0 Å². The lowest BCUT2D eigenvalue weighted by molar-refractivity contribution is 0.305. The van der Waals surface area contributed by atoms with Crippen molar-refractivity contribution in [1.82, 2.24) is 24.7 Å². The fraction of sp³-hybridized carbons (Fsp3) is 0.214. The van der Waals surface area contributed by atoms with Gasteiger partial charge in [0.15, 0.2) is 11.0 Å². The zero-order valence-corrected chi connectivity index (χ0v) is 21.1. The van der Waals surface area contributed by atoms with Crippen LogP contribution in [0.4, 0.5) is 4.39 Å². The third kappa shape index (κ3) is 3.81. The Kier molecular flexibility index (Phi) is 5.23. The van der Waals surface area contributed by atoms with Crippen molar-refractivity contribution in [3.63, 3.8) is 0 Å². The summed E-state index contributed by atoms with van der Waals surface area (Å²) in [5, 5.41) is 4.28. The number of imidazole rings is 1. The van der Waals surface area contributed by atoms with Crippen LogP contribution in [0.1, 0.15) is 59.6 Å². The Bertz CT molecular complexity index is 1830. The number of nitrogens with one attached hydrogen (secondary N) is 1. The second-order valence-corrected chi connectivity index (χ2v) is 10.0. The van der Waals surface area contributed by atoms with E-state index in [-0.39, 0.29) is 6.61 Å². The van der Waals surface area contributed by atoms with Crippen LogP contribution in [0, 0.1) is 5.82 Å². The van der Waals surface area contributed by atoms with Crippen LogP contribution in [0.5, 0.6) is 5.75 Å².